The first-order chi connectivity index (χ1) is 14.4. The Hall–Kier alpha value is -2.36. The molecular weight excluding hydrogens is 402 g/mol. The number of nitrogens with zero attached hydrogens (tertiary/aromatic N) is 2. The number of aromatic nitrogens is 1. The predicted octanol–water partition coefficient (Wildman–Crippen LogP) is 3.44. The fourth-order valence-corrected chi connectivity index (χ4v) is 5.30. The average Bonchev–Trinajstić information content (AvgIpc) is 2.88. The highest BCUT2D eigenvalue weighted by atomic mass is 32.3. The van der Waals surface area contributed by atoms with E-state index in [0.29, 0.717) is 23.8 Å². The quantitative estimate of drug-likeness (QED) is 0.423. The third kappa shape index (κ3) is 4.10. The van der Waals surface area contributed by atoms with E-state index in [4.69, 9.17) is 4.98 Å². The Bertz CT molecular complexity index is 1060. The minimum Gasteiger partial charge on any atom is -0.394 e. The van der Waals surface area contributed by atoms with Gasteiger partial charge in [0.25, 0.3) is 0 Å². The maximum atomic E-state index is 10.6. The number of rotatable bonds is 5. The molecule has 0 aliphatic carbocycles. The molecular formula is C22H27N3O4S. The van der Waals surface area contributed by atoms with Crippen LogP contribution in [0.3, 0.4) is 0 Å². The van der Waals surface area contributed by atoms with Gasteiger partial charge >= 0.3 is 0 Å². The van der Waals surface area contributed by atoms with Crippen molar-refractivity contribution < 1.29 is 19.3 Å². The van der Waals surface area contributed by atoms with Gasteiger partial charge in [-0.15, -0.1) is 0 Å². The molecule has 7 nitrogen and oxygen atoms in total. The second-order valence-corrected chi connectivity index (χ2v) is 9.84. The van der Waals surface area contributed by atoms with Crippen molar-refractivity contribution in [2.75, 3.05) is 35.7 Å². The summed E-state index contributed by atoms with van der Waals surface area (Å²) in [5.74, 6) is 0.936. The van der Waals surface area contributed by atoms with E-state index < -0.39 is 16.6 Å². The van der Waals surface area contributed by atoms with Crippen molar-refractivity contribution in [3.8, 4) is 0 Å². The maximum Gasteiger partial charge on any atom is 0.131 e. The van der Waals surface area contributed by atoms with Gasteiger partial charge in [-0.05, 0) is 30.7 Å². The van der Waals surface area contributed by atoms with E-state index in [1.54, 1.807) is 6.07 Å². The first-order valence-electron chi connectivity index (χ1n) is 9.90. The van der Waals surface area contributed by atoms with E-state index >= 15 is 0 Å². The highest BCUT2D eigenvalue weighted by Gasteiger charge is 2.26. The number of aliphatic hydroxyl groups excluding tert-OH is 2. The van der Waals surface area contributed by atoms with E-state index in [1.807, 2.05) is 54.3 Å². The Morgan fingerprint density at radius 3 is 2.63 bits per heavy atom. The van der Waals surface area contributed by atoms with Gasteiger partial charge in [0.1, 0.15) is 5.82 Å². The molecule has 0 bridgehead atoms. The molecule has 2 heterocycles. The van der Waals surface area contributed by atoms with Gasteiger partial charge in [-0.2, -0.15) is 10.6 Å². The summed E-state index contributed by atoms with van der Waals surface area (Å²) < 4.78 is 21.3. The Balaban J connectivity index is 1.78. The number of pyridine rings is 1. The van der Waals surface area contributed by atoms with Crippen molar-refractivity contribution >= 4 is 33.0 Å². The van der Waals surface area contributed by atoms with Crippen LogP contribution in [0, 0.1) is 6.92 Å². The second-order valence-electron chi connectivity index (χ2n) is 7.66. The van der Waals surface area contributed by atoms with Gasteiger partial charge in [0, 0.05) is 30.2 Å². The van der Waals surface area contributed by atoms with Gasteiger partial charge in [-0.25, -0.2) is 4.98 Å². The Morgan fingerprint density at radius 1 is 1.10 bits per heavy atom. The van der Waals surface area contributed by atoms with Gasteiger partial charge in [-0.1, -0.05) is 29.8 Å². The molecule has 0 spiro atoms. The lowest BCUT2D eigenvalue weighted by Gasteiger charge is -2.32. The molecule has 0 atom stereocenters. The van der Waals surface area contributed by atoms with E-state index in [1.165, 1.54) is 0 Å². The van der Waals surface area contributed by atoms with Crippen LogP contribution in [-0.2, 0) is 6.54 Å². The molecule has 160 valence electrons. The minimum atomic E-state index is -2.86. The zero-order chi connectivity index (χ0) is 21.3. The molecule has 4 rings (SSSR count). The van der Waals surface area contributed by atoms with Gasteiger partial charge in [0.05, 0.1) is 35.4 Å². The highest BCUT2D eigenvalue weighted by Crippen LogP contribution is 2.51. The third-order valence-corrected chi connectivity index (χ3v) is 7.26. The lowest BCUT2D eigenvalue weighted by molar-refractivity contribution is 0.204. The van der Waals surface area contributed by atoms with E-state index in [0.717, 1.165) is 27.7 Å². The Kier molecular flexibility index (Phi) is 5.86. The van der Waals surface area contributed by atoms with Crippen LogP contribution < -0.4 is 10.2 Å². The van der Waals surface area contributed by atoms with Gasteiger partial charge in [-0.3, -0.25) is 9.11 Å². The first kappa shape index (κ1) is 20.9. The SMILES string of the molecule is Cc1ccc2nc(N3CCS(O)(O)c4ccccc4C3)cc(NC(CO)CO)c2c1. The monoisotopic (exact) mass is 429 g/mol. The fraction of sp³-hybridized carbons (Fsp3) is 0.318. The van der Waals surface area contributed by atoms with Crippen LogP contribution in [0.25, 0.3) is 10.9 Å². The summed E-state index contributed by atoms with van der Waals surface area (Å²) in [6.07, 6.45) is 0. The largest absolute Gasteiger partial charge is 0.394 e. The van der Waals surface area contributed by atoms with Crippen LogP contribution in [-0.4, -0.2) is 55.9 Å². The van der Waals surface area contributed by atoms with Gasteiger partial charge in [0.2, 0.25) is 0 Å². The van der Waals surface area contributed by atoms with Gasteiger partial charge < -0.3 is 20.4 Å². The lowest BCUT2D eigenvalue weighted by atomic mass is 10.1. The lowest BCUT2D eigenvalue weighted by Crippen LogP contribution is -2.29. The minimum absolute atomic E-state index is 0.195. The topological polar surface area (TPSA) is 109 Å². The molecule has 3 aromatic rings. The number of hydrogen-bond acceptors (Lipinski definition) is 7. The number of nitrogens with one attached hydrogen (secondary N) is 1. The average molecular weight is 430 g/mol. The van der Waals surface area contributed by atoms with Crippen LogP contribution in [0.5, 0.6) is 0 Å². The van der Waals surface area contributed by atoms with E-state index in [9.17, 15) is 19.3 Å². The predicted molar refractivity (Wildman–Crippen MR) is 122 cm³/mol. The number of aliphatic hydroxyl groups is 2. The van der Waals surface area contributed by atoms with Crippen molar-refractivity contribution in [1.29, 1.82) is 0 Å². The summed E-state index contributed by atoms with van der Waals surface area (Å²) in [6.45, 7) is 2.58. The maximum absolute atomic E-state index is 10.6. The molecule has 0 unspecified atom stereocenters. The third-order valence-electron chi connectivity index (χ3n) is 5.41. The molecule has 8 heteroatoms. The molecule has 1 aliphatic heterocycles. The highest BCUT2D eigenvalue weighted by molar-refractivity contribution is 8.24. The molecule has 1 aromatic heterocycles. The normalized spacial score (nSPS) is 16.9. The van der Waals surface area contributed by atoms with Crippen LogP contribution in [0.2, 0.25) is 0 Å². The fourth-order valence-electron chi connectivity index (χ4n) is 3.76. The number of aryl methyl sites for hydroxylation is 1. The molecule has 1 aliphatic rings. The molecule has 2 aromatic carbocycles. The van der Waals surface area contributed by atoms with Gasteiger partial charge in [0.15, 0.2) is 0 Å². The van der Waals surface area contributed by atoms with Crippen molar-refractivity contribution in [1.82, 2.24) is 4.98 Å². The zero-order valence-electron chi connectivity index (χ0n) is 16.8. The summed E-state index contributed by atoms with van der Waals surface area (Å²) in [7, 11) is -2.86. The molecule has 0 saturated carbocycles. The summed E-state index contributed by atoms with van der Waals surface area (Å²) in [5.41, 5.74) is 3.52. The number of anilines is 2. The van der Waals surface area contributed by atoms with Crippen molar-refractivity contribution in [2.45, 2.75) is 24.4 Å². The molecule has 0 radical (unpaired) electrons. The smallest absolute Gasteiger partial charge is 0.131 e. The van der Waals surface area contributed by atoms with Crippen LogP contribution in [0.4, 0.5) is 11.5 Å². The van der Waals surface area contributed by atoms with Crippen molar-refractivity contribution in [3.05, 3.63) is 59.7 Å². The van der Waals surface area contributed by atoms with Crippen LogP contribution in [0.15, 0.2) is 53.4 Å². The number of benzene rings is 2. The molecule has 30 heavy (non-hydrogen) atoms. The second kappa shape index (κ2) is 8.41. The van der Waals surface area contributed by atoms with Crippen LogP contribution >= 0.6 is 10.6 Å². The summed E-state index contributed by atoms with van der Waals surface area (Å²) >= 11 is 0. The molecule has 0 saturated heterocycles. The standard InChI is InChI=1S/C22H27N3O4S/c1-15-6-7-19-18(10-15)20(23-17(13-26)14-27)11-22(24-19)25-8-9-30(28,29)21-5-3-2-4-16(21)12-25/h2-7,10-11,17,26-29H,8-9,12-14H2,1H3,(H,23,24). The van der Waals surface area contributed by atoms with Crippen molar-refractivity contribution in [3.63, 3.8) is 0 Å². The number of fused-ring (bicyclic) bond motifs is 2. The van der Waals surface area contributed by atoms with E-state index in [2.05, 4.69) is 5.32 Å². The molecule has 0 fully saturated rings. The van der Waals surface area contributed by atoms with Crippen LogP contribution in [0.1, 0.15) is 11.1 Å². The Labute approximate surface area is 177 Å². The van der Waals surface area contributed by atoms with Crippen molar-refractivity contribution in [2.24, 2.45) is 0 Å². The Morgan fingerprint density at radius 2 is 1.87 bits per heavy atom. The molecule has 5 N–H and O–H groups in total. The van der Waals surface area contributed by atoms with E-state index in [-0.39, 0.29) is 19.0 Å². The summed E-state index contributed by atoms with van der Waals surface area (Å²) in [6, 6.07) is 14.8. The summed E-state index contributed by atoms with van der Waals surface area (Å²) in [5, 5.41) is 23.2. The first-order valence-corrected chi connectivity index (χ1v) is 11.6. The summed E-state index contributed by atoms with van der Waals surface area (Å²) in [4.78, 5) is 7.47. The number of hydrogen-bond donors (Lipinski definition) is 5. The molecule has 0 amide bonds. The zero-order valence-corrected chi connectivity index (χ0v) is 17.6.